The van der Waals surface area contributed by atoms with Crippen molar-refractivity contribution in [2.75, 3.05) is 37.7 Å². The van der Waals surface area contributed by atoms with Crippen LogP contribution in [0.3, 0.4) is 0 Å². The SMILES string of the molecule is CC(C)(C)[C@@H](NC[C@@H]1CN(CCCCCCN2C(=O)C=CC2O)C[C@@H]1F)C1=CN(c2cc(F)ccc2F)[N-]N1Cc1ccccc1. The summed E-state index contributed by atoms with van der Waals surface area (Å²) in [4.78, 5) is 15.4. The lowest BCUT2D eigenvalue weighted by Gasteiger charge is -2.44. The van der Waals surface area contributed by atoms with Gasteiger partial charge in [-0.05, 0) is 54.6 Å². The van der Waals surface area contributed by atoms with E-state index in [1.165, 1.54) is 22.1 Å². The first kappa shape index (κ1) is 34.0. The minimum absolute atomic E-state index is 0.0233. The Bertz CT molecular complexity index is 1380. The Labute approximate surface area is 270 Å². The predicted molar refractivity (Wildman–Crippen MR) is 174 cm³/mol. The Kier molecular flexibility index (Phi) is 11.1. The van der Waals surface area contributed by atoms with Gasteiger partial charge in [0.15, 0.2) is 0 Å². The van der Waals surface area contributed by atoms with E-state index in [2.05, 4.69) is 36.5 Å². The second-order valence-corrected chi connectivity index (χ2v) is 13.6. The molecule has 0 aromatic heterocycles. The van der Waals surface area contributed by atoms with Crippen LogP contribution in [0.1, 0.15) is 52.0 Å². The van der Waals surface area contributed by atoms with Crippen molar-refractivity contribution in [2.24, 2.45) is 11.3 Å². The van der Waals surface area contributed by atoms with Gasteiger partial charge < -0.3 is 35.8 Å². The van der Waals surface area contributed by atoms with E-state index in [1.54, 1.807) is 6.20 Å². The number of hydrogen-bond acceptors (Lipinski definition) is 6. The van der Waals surface area contributed by atoms with Gasteiger partial charge in [-0.3, -0.25) is 4.79 Å². The first-order valence-electron chi connectivity index (χ1n) is 16.3. The molecule has 3 aliphatic rings. The van der Waals surface area contributed by atoms with Crippen molar-refractivity contribution >= 4 is 11.6 Å². The third kappa shape index (κ3) is 8.50. The summed E-state index contributed by atoms with van der Waals surface area (Å²) in [7, 11) is 0. The number of halogens is 3. The molecule has 4 atom stereocenters. The number of likely N-dealkylation sites (tertiary alicyclic amines) is 1. The molecule has 2 aromatic rings. The van der Waals surface area contributed by atoms with Crippen molar-refractivity contribution in [3.63, 3.8) is 0 Å². The van der Waals surface area contributed by atoms with Crippen LogP contribution in [0.5, 0.6) is 0 Å². The second kappa shape index (κ2) is 15.0. The van der Waals surface area contributed by atoms with Gasteiger partial charge in [-0.15, -0.1) is 0 Å². The first-order chi connectivity index (χ1) is 22.0. The third-order valence-electron chi connectivity index (χ3n) is 8.91. The molecule has 0 spiro atoms. The molecule has 46 heavy (non-hydrogen) atoms. The number of aliphatic hydroxyl groups excluding tert-OH is 1. The molecule has 5 rings (SSSR count). The lowest BCUT2D eigenvalue weighted by molar-refractivity contribution is -0.130. The van der Waals surface area contributed by atoms with Crippen LogP contribution in [0.2, 0.25) is 0 Å². The highest BCUT2D eigenvalue weighted by Crippen LogP contribution is 2.38. The number of carbonyl (C=O) groups is 1. The Morgan fingerprint density at radius 2 is 1.76 bits per heavy atom. The molecule has 3 aliphatic heterocycles. The van der Waals surface area contributed by atoms with Crippen LogP contribution in [-0.4, -0.2) is 77.0 Å². The van der Waals surface area contributed by atoms with Crippen molar-refractivity contribution in [2.45, 2.75) is 71.4 Å². The van der Waals surface area contributed by atoms with Crippen molar-refractivity contribution in [1.29, 1.82) is 0 Å². The molecule has 0 aliphatic carbocycles. The highest BCUT2D eigenvalue weighted by atomic mass is 19.1. The number of amides is 1. The summed E-state index contributed by atoms with van der Waals surface area (Å²) >= 11 is 0. The quantitative estimate of drug-likeness (QED) is 0.252. The molecule has 0 saturated carbocycles. The molecule has 8 nitrogen and oxygen atoms in total. The van der Waals surface area contributed by atoms with Crippen LogP contribution in [0.4, 0.5) is 18.9 Å². The van der Waals surface area contributed by atoms with E-state index in [-0.39, 0.29) is 29.0 Å². The number of benzene rings is 2. The minimum atomic E-state index is -0.955. The van der Waals surface area contributed by atoms with E-state index in [0.29, 0.717) is 32.7 Å². The molecule has 1 unspecified atom stereocenters. The number of aliphatic hydroxyl groups is 1. The Balaban J connectivity index is 1.18. The number of nitrogens with one attached hydrogen (secondary N) is 1. The van der Waals surface area contributed by atoms with E-state index < -0.39 is 24.0 Å². The van der Waals surface area contributed by atoms with Gasteiger partial charge in [-0.25, -0.2) is 13.2 Å². The summed E-state index contributed by atoms with van der Waals surface area (Å²) in [6.07, 6.45) is 6.57. The maximum absolute atomic E-state index is 15.3. The maximum Gasteiger partial charge on any atom is 0.248 e. The lowest BCUT2D eigenvalue weighted by atomic mass is 9.84. The zero-order chi connectivity index (χ0) is 32.8. The van der Waals surface area contributed by atoms with Crippen molar-refractivity contribution in [3.05, 3.63) is 95.3 Å². The molecule has 0 bridgehead atoms. The van der Waals surface area contributed by atoms with E-state index in [9.17, 15) is 18.7 Å². The normalized spacial score (nSPS) is 22.8. The van der Waals surface area contributed by atoms with Gasteiger partial charge in [-0.1, -0.05) is 63.9 Å². The number of nitrogens with zero attached hydrogens (tertiary/aromatic N) is 5. The number of hydrogen-bond donors (Lipinski definition) is 2. The summed E-state index contributed by atoms with van der Waals surface area (Å²) in [5, 5.41) is 16.7. The van der Waals surface area contributed by atoms with Crippen LogP contribution < -0.4 is 10.3 Å². The topological polar surface area (TPSA) is 76.4 Å². The molecule has 1 saturated heterocycles. The van der Waals surface area contributed by atoms with Crippen LogP contribution in [-0.2, 0) is 11.3 Å². The largest absolute Gasteiger partial charge is 0.470 e. The van der Waals surface area contributed by atoms with Gasteiger partial charge >= 0.3 is 0 Å². The van der Waals surface area contributed by atoms with E-state index >= 15 is 4.39 Å². The van der Waals surface area contributed by atoms with Crippen LogP contribution in [0.15, 0.2) is 72.6 Å². The standard InChI is InChI=1S/C35H46F3N6O2/c1-35(2,3)34(31-24-44(30-19-27(36)13-14-28(30)37)40-43(31)21-25-11-7-6-8-12-25)39-20-26-22-41(23-29(26)38)17-9-4-5-10-18-42-32(45)15-16-33(42)46/h6-8,11-16,19,24,26,29,32,34,39,45H,4-5,9-10,17-18,20-23H2,1-3H3/q-1/t26-,29+,32?,34+/m1/s1. The van der Waals surface area contributed by atoms with Crippen LogP contribution >= 0.6 is 0 Å². The molecule has 2 aromatic carbocycles. The second-order valence-electron chi connectivity index (χ2n) is 13.6. The van der Waals surface area contributed by atoms with Crippen molar-refractivity contribution in [3.8, 4) is 0 Å². The van der Waals surface area contributed by atoms with E-state index in [4.69, 9.17) is 0 Å². The molecule has 11 heteroatoms. The highest BCUT2D eigenvalue weighted by molar-refractivity contribution is 5.90. The molecule has 2 N–H and O–H groups in total. The first-order valence-corrected chi connectivity index (χ1v) is 16.3. The molecule has 250 valence electrons. The predicted octanol–water partition coefficient (Wildman–Crippen LogP) is 5.88. The van der Waals surface area contributed by atoms with Crippen LogP contribution in [0.25, 0.3) is 5.53 Å². The number of carbonyl (C=O) groups excluding carboxylic acids is 1. The van der Waals surface area contributed by atoms with Gasteiger partial charge in [0.05, 0.1) is 11.7 Å². The number of rotatable bonds is 14. The fraction of sp³-hybridized carbons (Fsp3) is 0.514. The zero-order valence-corrected chi connectivity index (χ0v) is 27.0. The number of unbranched alkanes of at least 4 members (excludes halogenated alkanes) is 3. The smallest absolute Gasteiger partial charge is 0.248 e. The van der Waals surface area contributed by atoms with Crippen LogP contribution in [0, 0.1) is 23.0 Å². The Morgan fingerprint density at radius 1 is 1.02 bits per heavy atom. The van der Waals surface area contributed by atoms with Gasteiger partial charge in [0.2, 0.25) is 5.91 Å². The minimum Gasteiger partial charge on any atom is -0.470 e. The fourth-order valence-corrected chi connectivity index (χ4v) is 6.39. The Morgan fingerprint density at radius 3 is 2.46 bits per heavy atom. The number of alkyl halides is 1. The van der Waals surface area contributed by atoms with Crippen molar-refractivity contribution in [1.82, 2.24) is 20.1 Å². The fourth-order valence-electron chi connectivity index (χ4n) is 6.39. The summed E-state index contributed by atoms with van der Waals surface area (Å²) in [6, 6.07) is 12.9. The molecular weight excluding hydrogens is 593 g/mol. The average Bonchev–Trinajstić information content (AvgIpc) is 3.68. The summed E-state index contributed by atoms with van der Waals surface area (Å²) < 4.78 is 44.2. The average molecular weight is 640 g/mol. The van der Waals surface area contributed by atoms with E-state index in [1.807, 2.05) is 35.3 Å². The van der Waals surface area contributed by atoms with Gasteiger partial charge in [0, 0.05) is 56.6 Å². The highest BCUT2D eigenvalue weighted by Gasteiger charge is 2.36. The maximum atomic E-state index is 15.3. The molecular formula is C35H46F3N6O2-. The van der Waals surface area contributed by atoms with Crippen molar-refractivity contribution < 1.29 is 23.1 Å². The summed E-state index contributed by atoms with van der Waals surface area (Å²) in [6.45, 7) is 9.60. The van der Waals surface area contributed by atoms with Gasteiger partial charge in [-0.2, -0.15) is 0 Å². The molecule has 1 amide bonds. The molecule has 3 heterocycles. The van der Waals surface area contributed by atoms with E-state index in [0.717, 1.165) is 61.7 Å². The zero-order valence-electron chi connectivity index (χ0n) is 27.0. The van der Waals surface area contributed by atoms with Gasteiger partial charge in [0.25, 0.3) is 0 Å². The van der Waals surface area contributed by atoms with Gasteiger partial charge in [0.1, 0.15) is 24.0 Å². The molecule has 1 fully saturated rings. The molecule has 0 radical (unpaired) electrons. The lowest BCUT2D eigenvalue weighted by Crippen LogP contribution is -2.47. The Hall–Kier alpha value is -3.38. The third-order valence-corrected chi connectivity index (χ3v) is 8.91. The monoisotopic (exact) mass is 639 g/mol. The summed E-state index contributed by atoms with van der Waals surface area (Å²) in [5.74, 6) is -1.46. The number of anilines is 1. The summed E-state index contributed by atoms with van der Waals surface area (Å²) in [5.41, 5.74) is 6.20.